The Morgan fingerprint density at radius 2 is 1.77 bits per heavy atom. The van der Waals surface area contributed by atoms with Gasteiger partial charge in [-0.15, -0.1) is 0 Å². The molecule has 7 heteroatoms. The maximum atomic E-state index is 12.2. The molecule has 2 heterocycles. The summed E-state index contributed by atoms with van der Waals surface area (Å²) in [4.78, 5) is 23.7. The lowest BCUT2D eigenvalue weighted by atomic mass is 10.1. The summed E-state index contributed by atoms with van der Waals surface area (Å²) in [5.74, 6) is 0. The molecule has 0 saturated carbocycles. The molecule has 0 saturated heterocycles. The van der Waals surface area contributed by atoms with Crippen molar-refractivity contribution >= 4 is 44.5 Å². The van der Waals surface area contributed by atoms with E-state index in [1.54, 1.807) is 12.5 Å². The molecule has 0 aliphatic rings. The number of nitrogens with one attached hydrogen (secondary N) is 3. The average molecular weight is 408 g/mol. The number of amides is 2. The minimum absolute atomic E-state index is 0.301. The summed E-state index contributed by atoms with van der Waals surface area (Å²) in [5, 5.41) is 5.63. The summed E-state index contributed by atoms with van der Waals surface area (Å²) in [6.45, 7) is 0. The molecule has 2 aromatic carbocycles. The van der Waals surface area contributed by atoms with Crippen LogP contribution >= 0.6 is 15.9 Å². The summed E-state index contributed by atoms with van der Waals surface area (Å²) in [7, 11) is 0. The highest BCUT2D eigenvalue weighted by Crippen LogP contribution is 2.26. The first-order chi connectivity index (χ1) is 12.7. The molecule has 0 unspecified atom stereocenters. The molecule has 4 aromatic rings. The fraction of sp³-hybridized carbons (Fsp3) is 0. The van der Waals surface area contributed by atoms with Crippen LogP contribution in [0.1, 0.15) is 0 Å². The van der Waals surface area contributed by atoms with Crippen molar-refractivity contribution in [3.63, 3.8) is 0 Å². The first-order valence-electron chi connectivity index (χ1n) is 7.92. The lowest BCUT2D eigenvalue weighted by Gasteiger charge is -2.10. The first kappa shape index (κ1) is 16.3. The van der Waals surface area contributed by atoms with Crippen LogP contribution in [0.4, 0.5) is 16.2 Å². The molecule has 0 fully saturated rings. The maximum Gasteiger partial charge on any atom is 0.323 e. The van der Waals surface area contributed by atoms with E-state index >= 15 is 0 Å². The van der Waals surface area contributed by atoms with E-state index in [1.807, 2.05) is 54.6 Å². The molecule has 128 valence electrons. The Bertz CT molecular complexity index is 1070. The highest BCUT2D eigenvalue weighted by molar-refractivity contribution is 9.10. The van der Waals surface area contributed by atoms with Crippen molar-refractivity contribution in [2.24, 2.45) is 0 Å². The lowest BCUT2D eigenvalue weighted by molar-refractivity contribution is 0.262. The van der Waals surface area contributed by atoms with E-state index < -0.39 is 0 Å². The Hall–Kier alpha value is -3.19. The van der Waals surface area contributed by atoms with Crippen molar-refractivity contribution < 1.29 is 4.79 Å². The molecule has 0 spiro atoms. The normalized spacial score (nSPS) is 10.7. The number of hydrogen-bond acceptors (Lipinski definition) is 3. The topological polar surface area (TPSA) is 82.7 Å². The van der Waals surface area contributed by atoms with Gasteiger partial charge in [0.05, 0.1) is 17.5 Å². The number of carbonyl (C=O) groups excluding carboxylic acids is 1. The Labute approximate surface area is 157 Å². The number of rotatable bonds is 3. The van der Waals surface area contributed by atoms with E-state index in [4.69, 9.17) is 0 Å². The summed E-state index contributed by atoms with van der Waals surface area (Å²) in [5.41, 5.74) is 5.00. The zero-order valence-corrected chi connectivity index (χ0v) is 15.1. The van der Waals surface area contributed by atoms with Crippen molar-refractivity contribution in [1.82, 2.24) is 15.0 Å². The number of anilines is 2. The van der Waals surface area contributed by atoms with Crippen LogP contribution < -0.4 is 10.6 Å². The summed E-state index contributed by atoms with van der Waals surface area (Å²) < 4.78 is 0.826. The van der Waals surface area contributed by atoms with Crippen molar-refractivity contribution in [2.75, 3.05) is 10.6 Å². The van der Waals surface area contributed by atoms with Gasteiger partial charge in [0.1, 0.15) is 0 Å². The molecule has 0 aliphatic heterocycles. The quantitative estimate of drug-likeness (QED) is 0.445. The van der Waals surface area contributed by atoms with Crippen LogP contribution in [0.3, 0.4) is 0 Å². The number of urea groups is 1. The predicted molar refractivity (Wildman–Crippen MR) is 106 cm³/mol. The Morgan fingerprint density at radius 1 is 0.962 bits per heavy atom. The van der Waals surface area contributed by atoms with E-state index in [0.29, 0.717) is 17.0 Å². The number of imidazole rings is 1. The minimum atomic E-state index is -0.301. The molecule has 3 N–H and O–H groups in total. The van der Waals surface area contributed by atoms with Crippen molar-refractivity contribution in [3.05, 3.63) is 71.6 Å². The van der Waals surface area contributed by atoms with Gasteiger partial charge in [0, 0.05) is 21.9 Å². The van der Waals surface area contributed by atoms with E-state index in [2.05, 4.69) is 41.5 Å². The number of fused-ring (bicyclic) bond motifs is 1. The molecule has 4 rings (SSSR count). The smallest absolute Gasteiger partial charge is 0.323 e. The Kier molecular flexibility index (Phi) is 4.37. The molecule has 0 radical (unpaired) electrons. The molecular formula is C19H14BrN5O. The van der Waals surface area contributed by atoms with Gasteiger partial charge in [-0.1, -0.05) is 24.3 Å². The van der Waals surface area contributed by atoms with Crippen LogP contribution in [0.15, 0.2) is 71.6 Å². The number of pyridine rings is 1. The number of nitrogens with zero attached hydrogens (tertiary/aromatic N) is 2. The van der Waals surface area contributed by atoms with E-state index in [9.17, 15) is 4.79 Å². The maximum absolute atomic E-state index is 12.2. The van der Waals surface area contributed by atoms with Gasteiger partial charge in [-0.2, -0.15) is 0 Å². The highest BCUT2D eigenvalue weighted by atomic mass is 79.9. The number of aromatic nitrogens is 3. The number of benzene rings is 2. The molecule has 0 aliphatic carbocycles. The number of carbonyl (C=O) groups is 1. The molecule has 0 bridgehead atoms. The SMILES string of the molecule is O=C(Nc1ccc(-c2ccnc3nc[nH]c23)cc1)Nc1ccccc1Br. The first-order valence-corrected chi connectivity index (χ1v) is 8.71. The third kappa shape index (κ3) is 3.29. The Morgan fingerprint density at radius 3 is 2.58 bits per heavy atom. The van der Waals surface area contributed by atoms with Gasteiger partial charge < -0.3 is 15.6 Å². The van der Waals surface area contributed by atoms with Crippen LogP contribution in [0.5, 0.6) is 0 Å². The zero-order valence-electron chi connectivity index (χ0n) is 13.5. The van der Waals surface area contributed by atoms with Crippen LogP contribution in [-0.4, -0.2) is 21.0 Å². The van der Waals surface area contributed by atoms with E-state index in [1.165, 1.54) is 0 Å². The number of hydrogen-bond donors (Lipinski definition) is 3. The number of para-hydroxylation sites is 1. The van der Waals surface area contributed by atoms with Gasteiger partial charge >= 0.3 is 6.03 Å². The monoisotopic (exact) mass is 407 g/mol. The zero-order chi connectivity index (χ0) is 17.9. The fourth-order valence-corrected chi connectivity index (χ4v) is 3.05. The molecule has 2 aromatic heterocycles. The summed E-state index contributed by atoms with van der Waals surface area (Å²) >= 11 is 3.41. The molecule has 6 nitrogen and oxygen atoms in total. The van der Waals surface area contributed by atoms with Gasteiger partial charge in [0.2, 0.25) is 0 Å². The van der Waals surface area contributed by atoms with Crippen LogP contribution in [-0.2, 0) is 0 Å². The van der Waals surface area contributed by atoms with Gasteiger partial charge in [0.15, 0.2) is 5.65 Å². The van der Waals surface area contributed by atoms with E-state index in [-0.39, 0.29) is 6.03 Å². The van der Waals surface area contributed by atoms with Crippen LogP contribution in [0, 0.1) is 0 Å². The number of H-pyrrole nitrogens is 1. The minimum Gasteiger partial charge on any atom is -0.343 e. The average Bonchev–Trinajstić information content (AvgIpc) is 3.13. The van der Waals surface area contributed by atoms with E-state index in [0.717, 1.165) is 21.1 Å². The van der Waals surface area contributed by atoms with Crippen LogP contribution in [0.2, 0.25) is 0 Å². The number of halogens is 1. The standard InChI is InChI=1S/C19H14BrN5O/c20-15-3-1-2-4-16(15)25-19(26)24-13-7-5-12(6-8-13)14-9-10-21-18-17(14)22-11-23-18/h1-11H,(H,21,22,23)(H2,24,25,26). The molecular weight excluding hydrogens is 394 g/mol. The summed E-state index contributed by atoms with van der Waals surface area (Å²) in [6, 6.07) is 16.7. The summed E-state index contributed by atoms with van der Waals surface area (Å²) in [6.07, 6.45) is 3.36. The highest BCUT2D eigenvalue weighted by Gasteiger charge is 2.08. The van der Waals surface area contributed by atoms with Crippen molar-refractivity contribution in [2.45, 2.75) is 0 Å². The molecule has 0 atom stereocenters. The van der Waals surface area contributed by atoms with Crippen LogP contribution in [0.25, 0.3) is 22.3 Å². The third-order valence-corrected chi connectivity index (χ3v) is 4.59. The predicted octanol–water partition coefficient (Wildman–Crippen LogP) is 5.03. The van der Waals surface area contributed by atoms with Gasteiger partial charge in [-0.25, -0.2) is 14.8 Å². The molecule has 2 amide bonds. The number of aromatic amines is 1. The second kappa shape index (κ2) is 6.97. The fourth-order valence-electron chi connectivity index (χ4n) is 2.67. The van der Waals surface area contributed by atoms with Gasteiger partial charge in [-0.3, -0.25) is 0 Å². The third-order valence-electron chi connectivity index (χ3n) is 3.90. The van der Waals surface area contributed by atoms with Gasteiger partial charge in [0.25, 0.3) is 0 Å². The largest absolute Gasteiger partial charge is 0.343 e. The lowest BCUT2D eigenvalue weighted by Crippen LogP contribution is -2.19. The Balaban J connectivity index is 1.50. The second-order valence-electron chi connectivity index (χ2n) is 5.60. The molecule has 26 heavy (non-hydrogen) atoms. The van der Waals surface area contributed by atoms with Gasteiger partial charge in [-0.05, 0) is 51.8 Å². The van der Waals surface area contributed by atoms with Crippen molar-refractivity contribution in [3.8, 4) is 11.1 Å². The van der Waals surface area contributed by atoms with Crippen molar-refractivity contribution in [1.29, 1.82) is 0 Å². The second-order valence-corrected chi connectivity index (χ2v) is 6.45.